The fraction of sp³-hybridized carbons (Fsp3) is 0.900. The number of ketones is 1. The third-order valence-electron chi connectivity index (χ3n) is 4.51. The number of Topliss-reactive ketones (excluding diaryl/α,β-unsaturated/α-hetero) is 1. The van der Waals surface area contributed by atoms with Crippen molar-refractivity contribution < 1.29 is 4.79 Å². The number of alkyl halides is 8. The van der Waals surface area contributed by atoms with Crippen molar-refractivity contribution in [2.75, 3.05) is 0 Å². The summed E-state index contributed by atoms with van der Waals surface area (Å²) in [7, 11) is 0. The van der Waals surface area contributed by atoms with Crippen LogP contribution in [0.25, 0.3) is 0 Å². The van der Waals surface area contributed by atoms with E-state index >= 15 is 0 Å². The molecule has 0 aromatic carbocycles. The van der Waals surface area contributed by atoms with Crippen LogP contribution in [-0.4, -0.2) is 23.1 Å². The number of hydrogen-bond acceptors (Lipinski definition) is 1. The molecule has 0 radical (unpaired) electrons. The molecule has 0 N–H and O–H groups in total. The number of carbonyl (C=O) groups is 1. The van der Waals surface area contributed by atoms with Crippen LogP contribution in [0.15, 0.2) is 0 Å². The van der Waals surface area contributed by atoms with Gasteiger partial charge in [-0.1, -0.05) is 95.1 Å². The standard InChI is InChI=1S/C10H8Cl8O/c1-5(2)6(10(16,17)18)3-7(11,12)9(5,15)8(13,14)4(6)19/h3H2,1-2H3. The third kappa shape index (κ3) is 1.53. The molecular weight excluding hydrogens is 420 g/mol. The second kappa shape index (κ2) is 4.09. The first-order valence-corrected chi connectivity index (χ1v) is 8.20. The summed E-state index contributed by atoms with van der Waals surface area (Å²) in [5.41, 5.74) is -2.70. The number of hydrogen-bond donors (Lipinski definition) is 0. The zero-order chi connectivity index (χ0) is 15.3. The van der Waals surface area contributed by atoms with Crippen LogP contribution in [-0.2, 0) is 4.79 Å². The monoisotopic (exact) mass is 424 g/mol. The Hall–Kier alpha value is 1.99. The Labute approximate surface area is 151 Å². The molecule has 2 saturated carbocycles. The summed E-state index contributed by atoms with van der Waals surface area (Å²) in [6.07, 6.45) is -0.143. The maximum atomic E-state index is 12.6. The fourth-order valence-electron chi connectivity index (χ4n) is 3.42. The minimum absolute atomic E-state index is 0.143. The van der Waals surface area contributed by atoms with Crippen molar-refractivity contribution in [3.05, 3.63) is 0 Å². The average molecular weight is 428 g/mol. The molecule has 2 fully saturated rings. The summed E-state index contributed by atoms with van der Waals surface area (Å²) < 4.78 is -5.66. The van der Waals surface area contributed by atoms with Gasteiger partial charge in [0.15, 0.2) is 10.1 Å². The third-order valence-corrected chi connectivity index (χ3v) is 8.69. The molecule has 0 amide bonds. The van der Waals surface area contributed by atoms with E-state index in [2.05, 4.69) is 0 Å². The van der Waals surface area contributed by atoms with Crippen LogP contribution in [0.2, 0.25) is 0 Å². The van der Waals surface area contributed by atoms with Gasteiger partial charge in [0.1, 0.15) is 9.21 Å². The van der Waals surface area contributed by atoms with Crippen molar-refractivity contribution in [1.82, 2.24) is 0 Å². The topological polar surface area (TPSA) is 17.1 Å². The minimum atomic E-state index is -2.05. The van der Waals surface area contributed by atoms with Gasteiger partial charge < -0.3 is 0 Å². The van der Waals surface area contributed by atoms with Crippen LogP contribution in [0.4, 0.5) is 0 Å². The molecule has 0 heterocycles. The van der Waals surface area contributed by atoms with Gasteiger partial charge in [0, 0.05) is 5.41 Å². The van der Waals surface area contributed by atoms with E-state index in [4.69, 9.17) is 92.8 Å². The Balaban J connectivity index is 2.89. The summed E-state index contributed by atoms with van der Waals surface area (Å²) in [6.45, 7) is 3.25. The quantitative estimate of drug-likeness (QED) is 0.454. The maximum Gasteiger partial charge on any atom is 0.203 e. The molecule has 2 aliphatic rings. The second-order valence-electron chi connectivity index (χ2n) is 5.47. The largest absolute Gasteiger partial charge is 0.295 e. The van der Waals surface area contributed by atoms with Gasteiger partial charge in [-0.25, -0.2) is 0 Å². The van der Waals surface area contributed by atoms with Crippen molar-refractivity contribution >= 4 is 98.6 Å². The van der Waals surface area contributed by atoms with Gasteiger partial charge in [0.2, 0.25) is 3.79 Å². The summed E-state index contributed by atoms with van der Waals surface area (Å²) in [4.78, 5) is 11.0. The van der Waals surface area contributed by atoms with Crippen LogP contribution in [0.1, 0.15) is 20.3 Å². The lowest BCUT2D eigenvalue weighted by atomic mass is 9.69. The van der Waals surface area contributed by atoms with Crippen LogP contribution < -0.4 is 0 Å². The highest BCUT2D eigenvalue weighted by Crippen LogP contribution is 2.83. The summed E-state index contributed by atoms with van der Waals surface area (Å²) in [5, 5.41) is 0. The van der Waals surface area contributed by atoms with Gasteiger partial charge in [-0.15, -0.1) is 11.6 Å². The number of fused-ring (bicyclic) bond motifs is 2. The molecule has 0 aromatic rings. The Morgan fingerprint density at radius 2 is 1.42 bits per heavy atom. The Morgan fingerprint density at radius 3 is 1.68 bits per heavy atom. The fourth-order valence-corrected chi connectivity index (χ4v) is 7.37. The van der Waals surface area contributed by atoms with Crippen molar-refractivity contribution in [3.63, 3.8) is 0 Å². The first-order chi connectivity index (χ1) is 8.11. The number of rotatable bonds is 0. The van der Waals surface area contributed by atoms with Crippen LogP contribution in [0.3, 0.4) is 0 Å². The molecule has 2 rings (SSSR count). The van der Waals surface area contributed by atoms with Crippen LogP contribution in [0.5, 0.6) is 0 Å². The van der Waals surface area contributed by atoms with Crippen LogP contribution >= 0.6 is 92.8 Å². The number of halogens is 8. The Bertz CT molecular complexity index is 465. The smallest absolute Gasteiger partial charge is 0.203 e. The Kier molecular flexibility index (Phi) is 3.73. The SMILES string of the molecule is CC1(C)C2(C(Cl)(Cl)Cl)CC(Cl)(Cl)C1(Cl)C(Cl)(Cl)C2=O. The van der Waals surface area contributed by atoms with Crippen molar-refractivity contribution in [3.8, 4) is 0 Å². The number of carbonyl (C=O) groups excluding carboxylic acids is 1. The average Bonchev–Trinajstić information content (AvgIpc) is 2.36. The molecule has 2 unspecified atom stereocenters. The van der Waals surface area contributed by atoms with E-state index in [1.54, 1.807) is 13.8 Å². The van der Waals surface area contributed by atoms with Gasteiger partial charge >= 0.3 is 0 Å². The van der Waals surface area contributed by atoms with Crippen molar-refractivity contribution in [2.24, 2.45) is 10.8 Å². The molecule has 19 heavy (non-hydrogen) atoms. The predicted octanol–water partition coefficient (Wildman–Crippen LogP) is 5.68. The summed E-state index contributed by atoms with van der Waals surface area (Å²) >= 11 is 49.5. The molecule has 2 atom stereocenters. The van der Waals surface area contributed by atoms with E-state index in [0.717, 1.165) is 0 Å². The predicted molar refractivity (Wildman–Crippen MR) is 83.6 cm³/mol. The first kappa shape index (κ1) is 17.3. The highest BCUT2D eigenvalue weighted by atomic mass is 35.6. The highest BCUT2D eigenvalue weighted by Gasteiger charge is 2.92. The molecule has 1 nitrogen and oxygen atoms in total. The van der Waals surface area contributed by atoms with Gasteiger partial charge in [-0.3, -0.25) is 4.79 Å². The molecule has 0 aliphatic heterocycles. The normalized spacial score (nSPS) is 42.7. The van der Waals surface area contributed by atoms with E-state index in [0.29, 0.717) is 0 Å². The zero-order valence-corrected chi connectivity index (χ0v) is 15.7. The van der Waals surface area contributed by atoms with E-state index in [-0.39, 0.29) is 6.42 Å². The lowest BCUT2D eigenvalue weighted by Gasteiger charge is -2.43. The highest BCUT2D eigenvalue weighted by molar-refractivity contribution is 6.74. The molecule has 110 valence electrons. The molecule has 2 aliphatic carbocycles. The van der Waals surface area contributed by atoms with Gasteiger partial charge in [0.05, 0.1) is 5.41 Å². The van der Waals surface area contributed by atoms with Crippen molar-refractivity contribution in [2.45, 2.75) is 37.6 Å². The van der Waals surface area contributed by atoms with E-state index in [1.807, 2.05) is 0 Å². The zero-order valence-electron chi connectivity index (χ0n) is 9.64. The van der Waals surface area contributed by atoms with E-state index < -0.39 is 33.9 Å². The molecule has 0 aromatic heterocycles. The lowest BCUT2D eigenvalue weighted by molar-refractivity contribution is -0.129. The van der Waals surface area contributed by atoms with Gasteiger partial charge in [0.25, 0.3) is 0 Å². The Morgan fingerprint density at radius 1 is 1.00 bits per heavy atom. The van der Waals surface area contributed by atoms with Gasteiger partial charge in [-0.2, -0.15) is 0 Å². The molecule has 2 bridgehead atoms. The molecule has 0 spiro atoms. The van der Waals surface area contributed by atoms with E-state index in [9.17, 15) is 4.79 Å². The van der Waals surface area contributed by atoms with Gasteiger partial charge in [-0.05, 0) is 6.42 Å². The molecule has 0 saturated heterocycles. The van der Waals surface area contributed by atoms with Crippen molar-refractivity contribution in [1.29, 1.82) is 0 Å². The molecule has 9 heteroatoms. The summed E-state index contributed by atoms with van der Waals surface area (Å²) in [6, 6.07) is 0. The first-order valence-electron chi connectivity index (χ1n) is 5.17. The second-order valence-corrected chi connectivity index (χ2v) is 11.1. The molecular formula is C10H8Cl8O. The summed E-state index contributed by atoms with van der Waals surface area (Å²) in [5.74, 6) is -0.666. The lowest BCUT2D eigenvalue weighted by Crippen LogP contribution is -2.58. The maximum absolute atomic E-state index is 12.6. The van der Waals surface area contributed by atoms with E-state index in [1.165, 1.54) is 0 Å². The minimum Gasteiger partial charge on any atom is -0.295 e. The van der Waals surface area contributed by atoms with Crippen LogP contribution in [0, 0.1) is 10.8 Å².